The van der Waals surface area contributed by atoms with Crippen LogP contribution < -0.4 is 0 Å². The Morgan fingerprint density at radius 3 is 2.53 bits per heavy atom. The number of hydrogen-bond acceptors (Lipinski definition) is 2. The molecule has 0 radical (unpaired) electrons. The number of nitrogens with one attached hydrogen (secondary N) is 1. The highest BCUT2D eigenvalue weighted by Crippen LogP contribution is 2.23. The second-order valence-electron chi connectivity index (χ2n) is 8.63. The van der Waals surface area contributed by atoms with Gasteiger partial charge in [0.05, 0.1) is 0 Å². The van der Waals surface area contributed by atoms with E-state index in [2.05, 4.69) is 23.7 Å². The van der Waals surface area contributed by atoms with Crippen molar-refractivity contribution in [2.24, 2.45) is 5.92 Å². The van der Waals surface area contributed by atoms with E-state index in [0.29, 0.717) is 18.2 Å². The molecule has 1 amide bonds. The SMILES string of the molecule is CC(C)N(CC1CCN(Cc2ccccc2F)CC1)C(=O)c1cc2ccccc2[nH]1. The van der Waals surface area contributed by atoms with E-state index in [-0.39, 0.29) is 17.8 Å². The first-order chi connectivity index (χ1) is 14.5. The molecular weight excluding hydrogens is 377 g/mol. The fourth-order valence-electron chi connectivity index (χ4n) is 4.34. The number of piperidine rings is 1. The molecule has 0 saturated carbocycles. The van der Waals surface area contributed by atoms with Crippen molar-refractivity contribution in [3.8, 4) is 0 Å². The number of benzene rings is 2. The molecule has 30 heavy (non-hydrogen) atoms. The van der Waals surface area contributed by atoms with Crippen LogP contribution >= 0.6 is 0 Å². The molecule has 4 nitrogen and oxygen atoms in total. The van der Waals surface area contributed by atoms with Crippen molar-refractivity contribution in [3.63, 3.8) is 0 Å². The number of para-hydroxylation sites is 1. The van der Waals surface area contributed by atoms with Crippen molar-refractivity contribution in [2.45, 2.75) is 39.3 Å². The highest BCUT2D eigenvalue weighted by molar-refractivity contribution is 5.98. The van der Waals surface area contributed by atoms with Crippen molar-refractivity contribution in [2.75, 3.05) is 19.6 Å². The van der Waals surface area contributed by atoms with Crippen LogP contribution in [-0.4, -0.2) is 46.4 Å². The summed E-state index contributed by atoms with van der Waals surface area (Å²) in [6, 6.07) is 17.1. The van der Waals surface area contributed by atoms with Gasteiger partial charge in [0, 0.05) is 35.6 Å². The molecule has 0 atom stereocenters. The Balaban J connectivity index is 1.37. The number of carbonyl (C=O) groups is 1. The first-order valence-corrected chi connectivity index (χ1v) is 10.9. The van der Waals surface area contributed by atoms with Gasteiger partial charge in [-0.15, -0.1) is 0 Å². The Kier molecular flexibility index (Phi) is 6.18. The number of rotatable bonds is 6. The lowest BCUT2D eigenvalue weighted by atomic mass is 9.95. The Bertz CT molecular complexity index is 971. The number of hydrogen-bond donors (Lipinski definition) is 1. The number of likely N-dealkylation sites (tertiary alicyclic amines) is 1. The summed E-state index contributed by atoms with van der Waals surface area (Å²) < 4.78 is 13.9. The minimum atomic E-state index is -0.130. The third-order valence-electron chi connectivity index (χ3n) is 6.16. The average molecular weight is 408 g/mol. The van der Waals surface area contributed by atoms with Crippen LogP contribution in [0.1, 0.15) is 42.7 Å². The number of aromatic amines is 1. The molecule has 2 heterocycles. The van der Waals surface area contributed by atoms with E-state index in [4.69, 9.17) is 0 Å². The summed E-state index contributed by atoms with van der Waals surface area (Å²) in [5.74, 6) is 0.405. The van der Waals surface area contributed by atoms with Gasteiger partial charge in [-0.1, -0.05) is 36.4 Å². The van der Waals surface area contributed by atoms with E-state index in [1.54, 1.807) is 6.07 Å². The predicted molar refractivity (Wildman–Crippen MR) is 119 cm³/mol. The number of carbonyl (C=O) groups excluding carboxylic acids is 1. The smallest absolute Gasteiger partial charge is 0.270 e. The zero-order chi connectivity index (χ0) is 21.1. The lowest BCUT2D eigenvalue weighted by Crippen LogP contribution is -2.43. The fraction of sp³-hybridized carbons (Fsp3) is 0.400. The molecule has 1 saturated heterocycles. The van der Waals surface area contributed by atoms with Crippen molar-refractivity contribution < 1.29 is 9.18 Å². The van der Waals surface area contributed by atoms with Gasteiger partial charge in [-0.2, -0.15) is 0 Å². The number of halogens is 1. The van der Waals surface area contributed by atoms with Crippen LogP contribution in [-0.2, 0) is 6.54 Å². The Morgan fingerprint density at radius 2 is 1.83 bits per heavy atom. The summed E-state index contributed by atoms with van der Waals surface area (Å²) in [7, 11) is 0. The van der Waals surface area contributed by atoms with Crippen molar-refractivity contribution in [1.82, 2.24) is 14.8 Å². The molecular formula is C25H30FN3O. The first-order valence-electron chi connectivity index (χ1n) is 10.9. The van der Waals surface area contributed by atoms with Crippen LogP contribution in [0.2, 0.25) is 0 Å². The van der Waals surface area contributed by atoms with Gasteiger partial charge in [0.15, 0.2) is 0 Å². The maximum Gasteiger partial charge on any atom is 0.270 e. The van der Waals surface area contributed by atoms with Gasteiger partial charge >= 0.3 is 0 Å². The van der Waals surface area contributed by atoms with Crippen LogP contribution in [0.4, 0.5) is 4.39 Å². The lowest BCUT2D eigenvalue weighted by molar-refractivity contribution is 0.0619. The molecule has 1 fully saturated rings. The van der Waals surface area contributed by atoms with Gasteiger partial charge in [0.1, 0.15) is 11.5 Å². The molecule has 5 heteroatoms. The first kappa shape index (κ1) is 20.6. The highest BCUT2D eigenvalue weighted by Gasteiger charge is 2.27. The Morgan fingerprint density at radius 1 is 1.13 bits per heavy atom. The molecule has 0 bridgehead atoms. The maximum atomic E-state index is 13.9. The minimum Gasteiger partial charge on any atom is -0.351 e. The highest BCUT2D eigenvalue weighted by atomic mass is 19.1. The summed E-state index contributed by atoms with van der Waals surface area (Å²) >= 11 is 0. The van der Waals surface area contributed by atoms with Crippen molar-refractivity contribution in [3.05, 3.63) is 71.7 Å². The molecule has 1 N–H and O–H groups in total. The maximum absolute atomic E-state index is 13.9. The largest absolute Gasteiger partial charge is 0.351 e. The number of amides is 1. The standard InChI is InChI=1S/C25H30FN3O/c1-18(2)29(25(30)24-15-20-7-4-6-10-23(20)27-24)16-19-11-13-28(14-12-19)17-21-8-3-5-9-22(21)26/h3-10,15,18-19,27H,11-14,16-17H2,1-2H3. The summed E-state index contributed by atoms with van der Waals surface area (Å²) in [6.45, 7) is 7.44. The molecule has 3 aromatic rings. The average Bonchev–Trinajstić information content (AvgIpc) is 3.18. The second-order valence-corrected chi connectivity index (χ2v) is 8.63. The lowest BCUT2D eigenvalue weighted by Gasteiger charge is -2.36. The number of aromatic nitrogens is 1. The summed E-state index contributed by atoms with van der Waals surface area (Å²) in [4.78, 5) is 20.8. The van der Waals surface area contributed by atoms with E-state index in [1.807, 2.05) is 47.4 Å². The second kappa shape index (κ2) is 9.00. The topological polar surface area (TPSA) is 39.3 Å². The van der Waals surface area contributed by atoms with Crippen molar-refractivity contribution in [1.29, 1.82) is 0 Å². The molecule has 2 aromatic carbocycles. The number of fused-ring (bicyclic) bond motifs is 1. The van der Waals surface area contributed by atoms with Crippen LogP contribution in [0.3, 0.4) is 0 Å². The van der Waals surface area contributed by atoms with Crippen LogP contribution in [0, 0.1) is 11.7 Å². The Hall–Kier alpha value is -2.66. The molecule has 1 aromatic heterocycles. The quantitative estimate of drug-likeness (QED) is 0.620. The molecule has 0 aliphatic carbocycles. The number of nitrogens with zero attached hydrogens (tertiary/aromatic N) is 2. The van der Waals surface area contributed by atoms with E-state index in [0.717, 1.165) is 48.9 Å². The van der Waals surface area contributed by atoms with Gasteiger partial charge in [-0.3, -0.25) is 9.69 Å². The number of H-pyrrole nitrogens is 1. The van der Waals surface area contributed by atoms with Gasteiger partial charge < -0.3 is 9.88 Å². The van der Waals surface area contributed by atoms with Crippen molar-refractivity contribution >= 4 is 16.8 Å². The van der Waals surface area contributed by atoms with Crippen LogP contribution in [0.25, 0.3) is 10.9 Å². The predicted octanol–water partition coefficient (Wildman–Crippen LogP) is 5.07. The van der Waals surface area contributed by atoms with E-state index < -0.39 is 0 Å². The zero-order valence-corrected chi connectivity index (χ0v) is 17.8. The third kappa shape index (κ3) is 4.57. The normalized spacial score (nSPS) is 15.7. The molecule has 0 unspecified atom stereocenters. The third-order valence-corrected chi connectivity index (χ3v) is 6.16. The van der Waals surface area contributed by atoms with Gasteiger partial charge in [-0.05, 0) is 63.9 Å². The van der Waals surface area contributed by atoms with Gasteiger partial charge in [0.2, 0.25) is 0 Å². The van der Waals surface area contributed by atoms with E-state index in [9.17, 15) is 9.18 Å². The van der Waals surface area contributed by atoms with Gasteiger partial charge in [-0.25, -0.2) is 4.39 Å². The molecule has 1 aliphatic heterocycles. The van der Waals surface area contributed by atoms with Gasteiger partial charge in [0.25, 0.3) is 5.91 Å². The molecule has 4 rings (SSSR count). The summed E-state index contributed by atoms with van der Waals surface area (Å²) in [5, 5.41) is 1.06. The summed E-state index contributed by atoms with van der Waals surface area (Å²) in [5.41, 5.74) is 2.40. The molecule has 1 aliphatic rings. The van der Waals surface area contributed by atoms with E-state index >= 15 is 0 Å². The summed E-state index contributed by atoms with van der Waals surface area (Å²) in [6.07, 6.45) is 2.05. The Labute approximate surface area is 177 Å². The van der Waals surface area contributed by atoms with E-state index in [1.165, 1.54) is 6.07 Å². The molecule has 0 spiro atoms. The molecule has 158 valence electrons. The zero-order valence-electron chi connectivity index (χ0n) is 17.8. The minimum absolute atomic E-state index is 0.0648. The van der Waals surface area contributed by atoms with Crippen LogP contribution in [0.5, 0.6) is 0 Å². The van der Waals surface area contributed by atoms with Crippen LogP contribution in [0.15, 0.2) is 54.6 Å². The monoisotopic (exact) mass is 407 g/mol. The fourth-order valence-corrected chi connectivity index (χ4v) is 4.34.